The molecule has 0 bridgehead atoms. The third kappa shape index (κ3) is 1.48. The van der Waals surface area contributed by atoms with Gasteiger partial charge in [0, 0.05) is 17.8 Å². The predicted molar refractivity (Wildman–Crippen MR) is 67.9 cm³/mol. The predicted octanol–water partition coefficient (Wildman–Crippen LogP) is 1.62. The number of carboxylic acid groups (broad SMARTS) is 1. The molecule has 1 saturated carbocycles. The molecular weight excluding hydrogens is 232 g/mol. The van der Waals surface area contributed by atoms with Gasteiger partial charge in [-0.3, -0.25) is 4.79 Å². The Labute approximate surface area is 102 Å². The molecule has 0 spiro atoms. The number of benzene rings is 1. The van der Waals surface area contributed by atoms with Crippen LogP contribution in [-0.2, 0) is 0 Å². The molecule has 1 aromatic carbocycles. The number of pyridine rings is 1. The van der Waals surface area contributed by atoms with Crippen LogP contribution in [0.3, 0.4) is 0 Å². The van der Waals surface area contributed by atoms with Gasteiger partial charge in [0.15, 0.2) is 5.43 Å². The van der Waals surface area contributed by atoms with Gasteiger partial charge in [0.05, 0.1) is 10.9 Å². The minimum atomic E-state index is -1.08. The molecular formula is C13H12N2O3. The lowest BCUT2D eigenvalue weighted by Gasteiger charge is -2.14. The minimum Gasteiger partial charge on any atom is -0.477 e. The van der Waals surface area contributed by atoms with E-state index in [4.69, 9.17) is 5.73 Å². The summed E-state index contributed by atoms with van der Waals surface area (Å²) in [6, 6.07) is 6.47. The molecule has 1 aromatic heterocycles. The van der Waals surface area contributed by atoms with E-state index in [2.05, 4.69) is 0 Å². The minimum absolute atomic E-state index is 0.0422. The summed E-state index contributed by atoms with van der Waals surface area (Å²) in [5.74, 6) is -1.08. The van der Waals surface area contributed by atoms with Crippen molar-refractivity contribution in [3.8, 4) is 0 Å². The topological polar surface area (TPSA) is 85.3 Å². The van der Waals surface area contributed by atoms with Gasteiger partial charge in [-0.05, 0) is 25.0 Å². The van der Waals surface area contributed by atoms with Crippen molar-refractivity contribution in [3.63, 3.8) is 0 Å². The highest BCUT2D eigenvalue weighted by Gasteiger charge is 2.29. The third-order valence-corrected chi connectivity index (χ3v) is 3.24. The number of aromatic carboxylic acids is 1. The summed E-state index contributed by atoms with van der Waals surface area (Å²) < 4.78 is 1.72. The van der Waals surface area contributed by atoms with Crippen molar-refractivity contribution in [2.45, 2.75) is 18.9 Å². The molecule has 2 aromatic rings. The zero-order valence-electron chi connectivity index (χ0n) is 9.59. The molecule has 0 atom stereocenters. The largest absolute Gasteiger partial charge is 0.477 e. The van der Waals surface area contributed by atoms with Crippen molar-refractivity contribution in [2.24, 2.45) is 0 Å². The van der Waals surface area contributed by atoms with E-state index in [-0.39, 0.29) is 17.2 Å². The second kappa shape index (κ2) is 3.60. The maximum atomic E-state index is 12.0. The molecule has 1 heterocycles. The summed E-state index contributed by atoms with van der Waals surface area (Å²) in [6.45, 7) is 0. The Morgan fingerprint density at radius 2 is 2.11 bits per heavy atom. The lowest BCUT2D eigenvalue weighted by atomic mass is 10.1. The van der Waals surface area contributed by atoms with Crippen LogP contribution >= 0.6 is 0 Å². The third-order valence-electron chi connectivity index (χ3n) is 3.24. The van der Waals surface area contributed by atoms with Crippen LogP contribution in [0.5, 0.6) is 0 Å². The molecule has 18 heavy (non-hydrogen) atoms. The molecule has 3 rings (SSSR count). The summed E-state index contributed by atoms with van der Waals surface area (Å²) in [6.07, 6.45) is 1.88. The molecule has 1 fully saturated rings. The fraction of sp³-hybridized carbons (Fsp3) is 0.231. The van der Waals surface area contributed by atoms with Crippen molar-refractivity contribution >= 4 is 22.6 Å². The number of anilines is 1. The Balaban J connectivity index is 2.49. The van der Waals surface area contributed by atoms with E-state index in [1.807, 2.05) is 0 Å². The van der Waals surface area contributed by atoms with Crippen LogP contribution in [0.25, 0.3) is 10.9 Å². The number of nitrogen functional groups attached to an aromatic ring is 1. The van der Waals surface area contributed by atoms with Gasteiger partial charge in [0.2, 0.25) is 0 Å². The van der Waals surface area contributed by atoms with Gasteiger partial charge < -0.3 is 15.4 Å². The van der Waals surface area contributed by atoms with Crippen LogP contribution in [0.1, 0.15) is 29.4 Å². The van der Waals surface area contributed by atoms with E-state index in [9.17, 15) is 14.7 Å². The molecule has 0 unspecified atom stereocenters. The highest BCUT2D eigenvalue weighted by molar-refractivity contribution is 5.95. The number of aromatic nitrogens is 1. The SMILES string of the molecule is Nc1cccc2c1c(=O)cc(C(=O)O)n2C1CC1. The summed E-state index contributed by atoms with van der Waals surface area (Å²) in [4.78, 5) is 23.2. The van der Waals surface area contributed by atoms with Gasteiger partial charge in [0.1, 0.15) is 5.69 Å². The Morgan fingerprint density at radius 1 is 1.39 bits per heavy atom. The average molecular weight is 244 g/mol. The van der Waals surface area contributed by atoms with Crippen LogP contribution in [-0.4, -0.2) is 15.6 Å². The first kappa shape index (κ1) is 10.8. The number of carbonyl (C=O) groups is 1. The van der Waals surface area contributed by atoms with Gasteiger partial charge in [-0.1, -0.05) is 6.07 Å². The van der Waals surface area contributed by atoms with Crippen LogP contribution in [0, 0.1) is 0 Å². The van der Waals surface area contributed by atoms with Crippen LogP contribution in [0.15, 0.2) is 29.1 Å². The maximum Gasteiger partial charge on any atom is 0.352 e. The molecule has 0 radical (unpaired) electrons. The second-order valence-electron chi connectivity index (χ2n) is 4.54. The Kier molecular flexibility index (Phi) is 2.16. The van der Waals surface area contributed by atoms with Gasteiger partial charge in [-0.25, -0.2) is 4.79 Å². The Morgan fingerprint density at radius 3 is 2.72 bits per heavy atom. The van der Waals surface area contributed by atoms with Gasteiger partial charge in [-0.2, -0.15) is 0 Å². The fourth-order valence-corrected chi connectivity index (χ4v) is 2.31. The molecule has 5 nitrogen and oxygen atoms in total. The Bertz CT molecular complexity index is 714. The van der Waals surface area contributed by atoms with E-state index >= 15 is 0 Å². The molecule has 0 amide bonds. The van der Waals surface area contributed by atoms with E-state index < -0.39 is 5.97 Å². The van der Waals surface area contributed by atoms with Crippen LogP contribution < -0.4 is 11.2 Å². The van der Waals surface area contributed by atoms with E-state index in [1.165, 1.54) is 6.07 Å². The Hall–Kier alpha value is -2.30. The molecule has 3 N–H and O–H groups in total. The van der Waals surface area contributed by atoms with Crippen molar-refractivity contribution < 1.29 is 9.90 Å². The number of carboxylic acids is 1. The monoisotopic (exact) mass is 244 g/mol. The standard InChI is InChI=1S/C13H12N2O3/c14-8-2-1-3-9-12(8)11(16)6-10(13(17)18)15(9)7-4-5-7/h1-3,6-7H,4-5,14H2,(H,17,18). The molecule has 5 heteroatoms. The summed E-state index contributed by atoms with van der Waals surface area (Å²) in [5, 5.41) is 9.62. The molecule has 0 aliphatic heterocycles. The fourth-order valence-electron chi connectivity index (χ4n) is 2.31. The summed E-state index contributed by atoms with van der Waals surface area (Å²) >= 11 is 0. The lowest BCUT2D eigenvalue weighted by molar-refractivity contribution is 0.0684. The molecule has 1 aliphatic carbocycles. The summed E-state index contributed by atoms with van der Waals surface area (Å²) in [7, 11) is 0. The maximum absolute atomic E-state index is 12.0. The van der Waals surface area contributed by atoms with Crippen LogP contribution in [0.2, 0.25) is 0 Å². The second-order valence-corrected chi connectivity index (χ2v) is 4.54. The molecule has 0 saturated heterocycles. The van der Waals surface area contributed by atoms with E-state index in [0.717, 1.165) is 12.8 Å². The number of rotatable bonds is 2. The van der Waals surface area contributed by atoms with Gasteiger partial charge in [-0.15, -0.1) is 0 Å². The number of nitrogens with zero attached hydrogens (tertiary/aromatic N) is 1. The highest BCUT2D eigenvalue weighted by Crippen LogP contribution is 2.38. The zero-order valence-corrected chi connectivity index (χ0v) is 9.59. The van der Waals surface area contributed by atoms with Crippen molar-refractivity contribution in [1.82, 2.24) is 4.57 Å². The van der Waals surface area contributed by atoms with E-state index in [1.54, 1.807) is 22.8 Å². The van der Waals surface area contributed by atoms with Crippen molar-refractivity contribution in [1.29, 1.82) is 0 Å². The number of hydrogen-bond acceptors (Lipinski definition) is 3. The van der Waals surface area contributed by atoms with Gasteiger partial charge in [0.25, 0.3) is 0 Å². The first-order valence-electron chi connectivity index (χ1n) is 5.76. The molecule has 1 aliphatic rings. The van der Waals surface area contributed by atoms with Crippen LogP contribution in [0.4, 0.5) is 5.69 Å². The average Bonchev–Trinajstić information content (AvgIpc) is 3.12. The van der Waals surface area contributed by atoms with Crippen molar-refractivity contribution in [3.05, 3.63) is 40.2 Å². The summed E-state index contributed by atoms with van der Waals surface area (Å²) in [5.41, 5.74) is 6.52. The quantitative estimate of drug-likeness (QED) is 0.786. The number of fused-ring (bicyclic) bond motifs is 1. The van der Waals surface area contributed by atoms with Gasteiger partial charge >= 0.3 is 5.97 Å². The highest BCUT2D eigenvalue weighted by atomic mass is 16.4. The smallest absolute Gasteiger partial charge is 0.352 e. The number of hydrogen-bond donors (Lipinski definition) is 2. The first-order valence-corrected chi connectivity index (χ1v) is 5.76. The zero-order chi connectivity index (χ0) is 12.9. The normalized spacial score (nSPS) is 14.9. The first-order chi connectivity index (χ1) is 8.59. The van der Waals surface area contributed by atoms with Crippen molar-refractivity contribution in [2.75, 3.05) is 5.73 Å². The lowest BCUT2D eigenvalue weighted by Crippen LogP contribution is -2.18. The van der Waals surface area contributed by atoms with E-state index in [0.29, 0.717) is 16.6 Å². The molecule has 92 valence electrons. The number of nitrogens with two attached hydrogens (primary N) is 1.